The summed E-state index contributed by atoms with van der Waals surface area (Å²) in [4.78, 5) is 12.8. The lowest BCUT2D eigenvalue weighted by atomic mass is 10.2. The predicted octanol–water partition coefficient (Wildman–Crippen LogP) is 0.262. The van der Waals surface area contributed by atoms with Crippen LogP contribution in [0.1, 0.15) is 25.3 Å². The number of piperazine rings is 1. The van der Waals surface area contributed by atoms with Gasteiger partial charge in [0.2, 0.25) is 10.0 Å². The first kappa shape index (κ1) is 20.1. The number of benzene rings is 1. The Labute approximate surface area is 156 Å². The van der Waals surface area contributed by atoms with Crippen LogP contribution in [0.3, 0.4) is 0 Å². The van der Waals surface area contributed by atoms with E-state index in [0.29, 0.717) is 19.2 Å². The van der Waals surface area contributed by atoms with Crippen molar-refractivity contribution in [2.45, 2.75) is 42.9 Å². The first-order valence-electron chi connectivity index (χ1n) is 8.91. The highest BCUT2D eigenvalue weighted by Crippen LogP contribution is 2.31. The summed E-state index contributed by atoms with van der Waals surface area (Å²) in [6.07, 6.45) is -2.60. The Kier molecular flexibility index (Phi) is 5.51. The van der Waals surface area contributed by atoms with Crippen LogP contribution in [0, 0.1) is 0 Å². The molecule has 2 N–H and O–H groups in total. The zero-order valence-corrected chi connectivity index (χ0v) is 15.7. The zero-order chi connectivity index (χ0) is 19.8. The summed E-state index contributed by atoms with van der Waals surface area (Å²) in [7, 11) is -4.00. The molecule has 1 aliphatic heterocycles. The minimum absolute atomic E-state index is 0.0401. The van der Waals surface area contributed by atoms with Crippen molar-refractivity contribution < 1.29 is 31.3 Å². The van der Waals surface area contributed by atoms with Crippen LogP contribution in [0.15, 0.2) is 29.2 Å². The summed E-state index contributed by atoms with van der Waals surface area (Å²) >= 11 is 0. The third-order valence-corrected chi connectivity index (χ3v) is 6.99. The van der Waals surface area contributed by atoms with E-state index in [9.17, 15) is 26.4 Å². The zero-order valence-electron chi connectivity index (χ0n) is 14.9. The maximum Gasteiger partial charge on any atom is 0.416 e. The summed E-state index contributed by atoms with van der Waals surface area (Å²) in [6, 6.07) is 3.77. The highest BCUT2D eigenvalue weighted by atomic mass is 32.2. The number of hydrogen-bond acceptors (Lipinski definition) is 3. The minimum Gasteiger partial charge on any atom is -0.348 e. The van der Waals surface area contributed by atoms with E-state index >= 15 is 0 Å². The molecule has 0 spiro atoms. The molecule has 1 aromatic carbocycles. The van der Waals surface area contributed by atoms with Crippen molar-refractivity contribution in [2.24, 2.45) is 0 Å². The molecule has 0 unspecified atom stereocenters. The van der Waals surface area contributed by atoms with E-state index in [2.05, 4.69) is 5.32 Å². The summed E-state index contributed by atoms with van der Waals surface area (Å²) in [5.41, 5.74) is -0.988. The highest BCUT2D eigenvalue weighted by Gasteiger charge is 2.37. The van der Waals surface area contributed by atoms with Crippen molar-refractivity contribution in [2.75, 3.05) is 26.2 Å². The monoisotopic (exact) mass is 406 g/mol. The van der Waals surface area contributed by atoms with E-state index in [1.807, 2.05) is 6.92 Å². The molecule has 1 saturated heterocycles. The molecule has 3 rings (SSSR count). The number of sulfonamides is 1. The first-order chi connectivity index (χ1) is 12.6. The van der Waals surface area contributed by atoms with Crippen molar-refractivity contribution >= 4 is 15.9 Å². The van der Waals surface area contributed by atoms with E-state index in [4.69, 9.17) is 0 Å². The van der Waals surface area contributed by atoms with Crippen LogP contribution in [-0.4, -0.2) is 56.9 Å². The Balaban J connectivity index is 1.65. The Morgan fingerprint density at radius 3 is 2.44 bits per heavy atom. The van der Waals surface area contributed by atoms with Gasteiger partial charge in [-0.15, -0.1) is 0 Å². The summed E-state index contributed by atoms with van der Waals surface area (Å²) in [6.45, 7) is 2.99. The second-order valence-electron chi connectivity index (χ2n) is 7.09. The number of halogens is 3. The van der Waals surface area contributed by atoms with Crippen LogP contribution in [-0.2, 0) is 21.0 Å². The summed E-state index contributed by atoms with van der Waals surface area (Å²) in [5, 5.41) is 2.94. The van der Waals surface area contributed by atoms with Crippen LogP contribution in [0.4, 0.5) is 13.2 Å². The maximum absolute atomic E-state index is 12.9. The van der Waals surface area contributed by atoms with Crippen molar-refractivity contribution in [3.05, 3.63) is 29.8 Å². The van der Waals surface area contributed by atoms with Crippen molar-refractivity contribution in [1.29, 1.82) is 0 Å². The van der Waals surface area contributed by atoms with Crippen molar-refractivity contribution in [1.82, 2.24) is 9.62 Å². The quantitative estimate of drug-likeness (QED) is 0.737. The van der Waals surface area contributed by atoms with Gasteiger partial charge >= 0.3 is 6.18 Å². The molecule has 6 nitrogen and oxygen atoms in total. The molecule has 1 aromatic rings. The Morgan fingerprint density at radius 2 is 1.89 bits per heavy atom. The normalized spacial score (nSPS) is 21.0. The molecule has 150 valence electrons. The molecule has 1 heterocycles. The fourth-order valence-corrected chi connectivity index (χ4v) is 4.66. The van der Waals surface area contributed by atoms with Crippen LogP contribution >= 0.6 is 0 Å². The minimum atomic E-state index is -4.60. The van der Waals surface area contributed by atoms with Crippen LogP contribution < -0.4 is 10.2 Å². The molecule has 27 heavy (non-hydrogen) atoms. The fourth-order valence-electron chi connectivity index (χ4n) is 3.17. The predicted molar refractivity (Wildman–Crippen MR) is 91.5 cm³/mol. The highest BCUT2D eigenvalue weighted by molar-refractivity contribution is 7.89. The molecule has 2 fully saturated rings. The molecule has 0 radical (unpaired) electrons. The largest absolute Gasteiger partial charge is 0.416 e. The molecule has 0 bridgehead atoms. The lowest BCUT2D eigenvalue weighted by molar-refractivity contribution is -0.917. The smallest absolute Gasteiger partial charge is 0.348 e. The molecule has 1 aliphatic carbocycles. The molecule has 1 amide bonds. The number of nitrogens with zero attached hydrogens (tertiary/aromatic N) is 1. The average molecular weight is 406 g/mol. The third-order valence-electron chi connectivity index (χ3n) is 5.09. The molecule has 1 saturated carbocycles. The molecule has 10 heteroatoms. The van der Waals surface area contributed by atoms with Crippen LogP contribution in [0.5, 0.6) is 0 Å². The number of rotatable bonds is 5. The summed E-state index contributed by atoms with van der Waals surface area (Å²) in [5.74, 6) is -0.0401. The van der Waals surface area contributed by atoms with Gasteiger partial charge in [-0.2, -0.15) is 17.5 Å². The van der Waals surface area contributed by atoms with E-state index in [-0.39, 0.29) is 36.0 Å². The van der Waals surface area contributed by atoms with Crippen LogP contribution in [0.2, 0.25) is 0 Å². The second kappa shape index (κ2) is 7.40. The number of nitrogens with one attached hydrogen (secondary N) is 2. The van der Waals surface area contributed by atoms with Crippen molar-refractivity contribution in [3.8, 4) is 0 Å². The van der Waals surface area contributed by atoms with Gasteiger partial charge in [0.1, 0.15) is 0 Å². The van der Waals surface area contributed by atoms with Gasteiger partial charge in [0.25, 0.3) is 5.91 Å². The Bertz CT molecular complexity index is 801. The van der Waals surface area contributed by atoms with E-state index in [1.165, 1.54) is 10.4 Å². The number of alkyl halides is 3. The van der Waals surface area contributed by atoms with Crippen molar-refractivity contribution in [3.63, 3.8) is 0 Å². The number of carbonyl (C=O) groups excluding carboxylic acids is 1. The number of carbonyl (C=O) groups is 1. The average Bonchev–Trinajstić information content (AvgIpc) is 3.44. The number of amides is 1. The van der Waals surface area contributed by atoms with Gasteiger partial charge in [-0.3, -0.25) is 4.79 Å². The molecule has 1 atom stereocenters. The molecular weight excluding hydrogens is 383 g/mol. The summed E-state index contributed by atoms with van der Waals surface area (Å²) < 4.78 is 65.2. The lowest BCUT2D eigenvalue weighted by Crippen LogP contribution is -3.19. The van der Waals surface area contributed by atoms with Gasteiger partial charge in [0, 0.05) is 6.04 Å². The van der Waals surface area contributed by atoms with E-state index in [1.54, 1.807) is 0 Å². The third kappa shape index (κ3) is 4.61. The van der Waals surface area contributed by atoms with Gasteiger partial charge in [-0.1, -0.05) is 6.07 Å². The second-order valence-corrected chi connectivity index (χ2v) is 9.03. The molecule has 0 aromatic heterocycles. The standard InChI is InChI=1S/C17H22F3N3O3S/c1-12(16(24)21-14-5-6-14)22-7-9-23(10-8-22)27(25,26)15-4-2-3-13(11-15)17(18,19)20/h2-4,11-12,14H,5-10H2,1H3,(H,21,24)/p+1/t12-/m1/s1. The van der Waals surface area contributed by atoms with Gasteiger partial charge in [0.15, 0.2) is 6.04 Å². The van der Waals surface area contributed by atoms with Gasteiger partial charge < -0.3 is 10.2 Å². The van der Waals surface area contributed by atoms with E-state index < -0.39 is 21.8 Å². The molecular formula is C17H23F3N3O3S+. The van der Waals surface area contributed by atoms with E-state index in [0.717, 1.165) is 29.9 Å². The SMILES string of the molecule is C[C@H](C(=O)NC1CC1)[NH+]1CCN(S(=O)(=O)c2cccc(C(F)(F)F)c2)CC1. The topological polar surface area (TPSA) is 70.9 Å². The van der Waals surface area contributed by atoms with Gasteiger partial charge in [-0.25, -0.2) is 8.42 Å². The Morgan fingerprint density at radius 1 is 1.26 bits per heavy atom. The Hall–Kier alpha value is -1.65. The molecule has 2 aliphatic rings. The maximum atomic E-state index is 12.9. The lowest BCUT2D eigenvalue weighted by Gasteiger charge is -2.34. The fraction of sp³-hybridized carbons (Fsp3) is 0.588. The number of hydrogen-bond donors (Lipinski definition) is 2. The van der Waals surface area contributed by atoms with Crippen LogP contribution in [0.25, 0.3) is 0 Å². The number of quaternary nitrogens is 1. The first-order valence-corrected chi connectivity index (χ1v) is 10.4. The van der Waals surface area contributed by atoms with Gasteiger partial charge in [-0.05, 0) is 38.0 Å². The van der Waals surface area contributed by atoms with Gasteiger partial charge in [0.05, 0.1) is 36.6 Å².